The third kappa shape index (κ3) is 3.98. The number of methoxy groups -OCH3 is 1. The summed E-state index contributed by atoms with van der Waals surface area (Å²) in [6, 6.07) is 9.38. The molecule has 21 heavy (non-hydrogen) atoms. The van der Waals surface area contributed by atoms with Gasteiger partial charge in [0.05, 0.1) is 17.1 Å². The summed E-state index contributed by atoms with van der Waals surface area (Å²) in [5.41, 5.74) is 1.06. The van der Waals surface area contributed by atoms with E-state index >= 15 is 0 Å². The molecule has 0 radical (unpaired) electrons. The Morgan fingerprint density at radius 2 is 2.10 bits per heavy atom. The molecule has 0 spiro atoms. The number of carboxylic acid groups (broad SMARTS) is 1. The Hall–Kier alpha value is -1.53. The zero-order chi connectivity index (χ0) is 15.4. The van der Waals surface area contributed by atoms with Crippen LogP contribution in [0.25, 0.3) is 0 Å². The van der Waals surface area contributed by atoms with Crippen molar-refractivity contribution in [2.75, 3.05) is 7.11 Å². The van der Waals surface area contributed by atoms with E-state index in [1.54, 1.807) is 7.11 Å². The van der Waals surface area contributed by atoms with Crippen molar-refractivity contribution in [3.8, 4) is 5.75 Å². The van der Waals surface area contributed by atoms with E-state index in [2.05, 4.69) is 15.9 Å². The fourth-order valence-electron chi connectivity index (χ4n) is 1.71. The highest BCUT2D eigenvalue weighted by molar-refractivity contribution is 9.10. The maximum Gasteiger partial charge on any atom is 0.335 e. The van der Waals surface area contributed by atoms with E-state index in [1.807, 2.05) is 18.2 Å². The first-order valence-corrected chi connectivity index (χ1v) is 7.77. The second-order valence-electron chi connectivity index (χ2n) is 4.21. The van der Waals surface area contributed by atoms with Crippen LogP contribution in [-0.4, -0.2) is 18.2 Å². The van der Waals surface area contributed by atoms with Crippen LogP contribution in [0.4, 0.5) is 4.39 Å². The van der Waals surface area contributed by atoms with Gasteiger partial charge in [-0.15, -0.1) is 11.8 Å². The van der Waals surface area contributed by atoms with Crippen LogP contribution in [0.2, 0.25) is 0 Å². The van der Waals surface area contributed by atoms with Gasteiger partial charge in [-0.3, -0.25) is 0 Å². The van der Waals surface area contributed by atoms with Gasteiger partial charge >= 0.3 is 5.97 Å². The summed E-state index contributed by atoms with van der Waals surface area (Å²) in [5, 5.41) is 8.93. The lowest BCUT2D eigenvalue weighted by Gasteiger charge is -2.07. The maximum absolute atomic E-state index is 13.7. The molecule has 0 atom stereocenters. The molecule has 0 fully saturated rings. The average Bonchev–Trinajstić information content (AvgIpc) is 2.46. The third-order valence-corrected chi connectivity index (χ3v) is 4.51. The molecule has 1 N–H and O–H groups in total. The Morgan fingerprint density at radius 1 is 1.33 bits per heavy atom. The topological polar surface area (TPSA) is 46.5 Å². The Balaban J connectivity index is 2.14. The van der Waals surface area contributed by atoms with Crippen molar-refractivity contribution in [3.63, 3.8) is 0 Å². The lowest BCUT2D eigenvalue weighted by atomic mass is 10.2. The molecule has 3 nitrogen and oxygen atoms in total. The highest BCUT2D eigenvalue weighted by Crippen LogP contribution is 2.30. The molecule has 0 aromatic heterocycles. The Bertz CT molecular complexity index is 676. The largest absolute Gasteiger partial charge is 0.496 e. The van der Waals surface area contributed by atoms with Crippen LogP contribution in [0.1, 0.15) is 15.9 Å². The number of aromatic carboxylic acids is 1. The van der Waals surface area contributed by atoms with Gasteiger partial charge in [-0.1, -0.05) is 6.07 Å². The van der Waals surface area contributed by atoms with E-state index in [0.29, 0.717) is 10.6 Å². The molecule has 0 saturated heterocycles. The Morgan fingerprint density at radius 3 is 2.71 bits per heavy atom. The SMILES string of the molecule is COc1ccc(CSc2cc(C(=O)O)ccc2F)cc1Br. The second-order valence-corrected chi connectivity index (χ2v) is 6.08. The van der Waals surface area contributed by atoms with Gasteiger partial charge in [0.25, 0.3) is 0 Å². The summed E-state index contributed by atoms with van der Waals surface area (Å²) in [6.07, 6.45) is 0. The van der Waals surface area contributed by atoms with Gasteiger partial charge in [0.2, 0.25) is 0 Å². The second kappa shape index (κ2) is 6.95. The first-order valence-electron chi connectivity index (χ1n) is 5.99. The normalized spacial score (nSPS) is 10.4. The summed E-state index contributed by atoms with van der Waals surface area (Å²) >= 11 is 4.65. The molecule has 0 amide bonds. The van der Waals surface area contributed by atoms with Crippen LogP contribution < -0.4 is 4.74 Å². The van der Waals surface area contributed by atoms with E-state index in [0.717, 1.165) is 15.8 Å². The number of carboxylic acids is 1. The summed E-state index contributed by atoms with van der Waals surface area (Å²) in [4.78, 5) is 11.2. The molecule has 2 rings (SSSR count). The number of benzene rings is 2. The van der Waals surface area contributed by atoms with E-state index in [1.165, 1.54) is 30.0 Å². The molecule has 110 valence electrons. The molecule has 0 aliphatic heterocycles. The molecule has 6 heteroatoms. The molecular formula is C15H12BrFO3S. The van der Waals surface area contributed by atoms with Gasteiger partial charge in [0.1, 0.15) is 11.6 Å². The van der Waals surface area contributed by atoms with Gasteiger partial charge in [-0.25, -0.2) is 9.18 Å². The number of halogens is 2. The van der Waals surface area contributed by atoms with Gasteiger partial charge in [-0.2, -0.15) is 0 Å². The third-order valence-electron chi connectivity index (χ3n) is 2.79. The number of ether oxygens (including phenoxy) is 1. The number of rotatable bonds is 5. The van der Waals surface area contributed by atoms with Crippen LogP contribution in [0.15, 0.2) is 45.8 Å². The van der Waals surface area contributed by atoms with Crippen molar-refractivity contribution in [1.82, 2.24) is 0 Å². The minimum Gasteiger partial charge on any atom is -0.496 e. The van der Waals surface area contributed by atoms with Crippen LogP contribution in [0.3, 0.4) is 0 Å². The number of carbonyl (C=O) groups is 1. The fraction of sp³-hybridized carbons (Fsp3) is 0.133. The minimum absolute atomic E-state index is 0.0785. The predicted octanol–water partition coefficient (Wildman–Crippen LogP) is 4.59. The molecule has 2 aromatic rings. The first kappa shape index (κ1) is 15.9. The highest BCUT2D eigenvalue weighted by atomic mass is 79.9. The number of hydrogen-bond donors (Lipinski definition) is 1. The van der Waals surface area contributed by atoms with Crippen LogP contribution >= 0.6 is 27.7 Å². The zero-order valence-corrected chi connectivity index (χ0v) is 13.5. The minimum atomic E-state index is -1.07. The van der Waals surface area contributed by atoms with Crippen LogP contribution in [0.5, 0.6) is 5.75 Å². The average molecular weight is 371 g/mol. The molecule has 0 unspecified atom stereocenters. The first-order chi connectivity index (χ1) is 10.0. The van der Waals surface area contributed by atoms with Gasteiger partial charge in [0.15, 0.2) is 0 Å². The van der Waals surface area contributed by atoms with Crippen molar-refractivity contribution in [1.29, 1.82) is 0 Å². The van der Waals surface area contributed by atoms with Crippen LogP contribution in [0, 0.1) is 5.82 Å². The van der Waals surface area contributed by atoms with E-state index in [9.17, 15) is 9.18 Å². The van der Waals surface area contributed by atoms with E-state index < -0.39 is 11.8 Å². The standard InChI is InChI=1S/C15H12BrFO3S/c1-20-13-5-2-9(6-11(13)16)8-21-14-7-10(15(18)19)3-4-12(14)17/h2-7H,8H2,1H3,(H,18,19). The molecule has 0 aliphatic carbocycles. The lowest BCUT2D eigenvalue weighted by molar-refractivity contribution is 0.0696. The van der Waals surface area contributed by atoms with E-state index in [4.69, 9.17) is 9.84 Å². The summed E-state index contributed by atoms with van der Waals surface area (Å²) in [7, 11) is 1.58. The molecule has 0 saturated carbocycles. The Labute approximate surface area is 134 Å². The molecule has 0 heterocycles. The molecule has 2 aromatic carbocycles. The summed E-state index contributed by atoms with van der Waals surface area (Å²) in [6.45, 7) is 0. The number of thioether (sulfide) groups is 1. The monoisotopic (exact) mass is 370 g/mol. The lowest BCUT2D eigenvalue weighted by Crippen LogP contribution is -1.97. The zero-order valence-electron chi connectivity index (χ0n) is 11.1. The maximum atomic E-state index is 13.7. The van der Waals surface area contributed by atoms with Crippen molar-refractivity contribution in [3.05, 3.63) is 57.8 Å². The smallest absolute Gasteiger partial charge is 0.335 e. The summed E-state index contributed by atoms with van der Waals surface area (Å²) in [5.74, 6) is -0.229. The van der Waals surface area contributed by atoms with Crippen molar-refractivity contribution in [2.45, 2.75) is 10.6 Å². The van der Waals surface area contributed by atoms with Crippen molar-refractivity contribution < 1.29 is 19.0 Å². The van der Waals surface area contributed by atoms with Crippen LogP contribution in [-0.2, 0) is 5.75 Å². The molecule has 0 aliphatic rings. The van der Waals surface area contributed by atoms with Gasteiger partial charge < -0.3 is 9.84 Å². The Kier molecular flexibility index (Phi) is 5.25. The van der Waals surface area contributed by atoms with Gasteiger partial charge in [0, 0.05) is 10.6 Å². The predicted molar refractivity (Wildman–Crippen MR) is 83.6 cm³/mol. The molecule has 0 bridgehead atoms. The van der Waals surface area contributed by atoms with Gasteiger partial charge in [-0.05, 0) is 51.8 Å². The fourth-order valence-corrected chi connectivity index (χ4v) is 3.21. The quantitative estimate of drug-likeness (QED) is 0.782. The summed E-state index contributed by atoms with van der Waals surface area (Å²) < 4.78 is 19.7. The van der Waals surface area contributed by atoms with E-state index in [-0.39, 0.29) is 5.56 Å². The molecular weight excluding hydrogens is 359 g/mol. The van der Waals surface area contributed by atoms with Crippen molar-refractivity contribution in [2.24, 2.45) is 0 Å². The van der Waals surface area contributed by atoms with Crippen molar-refractivity contribution >= 4 is 33.7 Å². The number of hydrogen-bond acceptors (Lipinski definition) is 3. The highest BCUT2D eigenvalue weighted by Gasteiger charge is 2.09.